The molecule has 0 amide bonds. The Kier molecular flexibility index (Phi) is 6.71. The summed E-state index contributed by atoms with van der Waals surface area (Å²) in [6.07, 6.45) is 1.20. The highest BCUT2D eigenvalue weighted by molar-refractivity contribution is 4.97. The third-order valence-electron chi connectivity index (χ3n) is 3.87. The van der Waals surface area contributed by atoms with Crippen molar-refractivity contribution in [3.8, 4) is 0 Å². The first-order valence-electron chi connectivity index (χ1n) is 7.17. The Balaban J connectivity index is 5.09. The van der Waals surface area contributed by atoms with Crippen LogP contribution >= 0.6 is 0 Å². The molecule has 2 unspecified atom stereocenters. The lowest BCUT2D eigenvalue weighted by Gasteiger charge is -2.45. The molecule has 0 fully saturated rings. The number of rotatable bonds is 7. The summed E-state index contributed by atoms with van der Waals surface area (Å²) in [6, 6.07) is 1.01. The van der Waals surface area contributed by atoms with Crippen molar-refractivity contribution in [3.05, 3.63) is 0 Å². The zero-order valence-corrected chi connectivity index (χ0v) is 13.3. The van der Waals surface area contributed by atoms with Crippen molar-refractivity contribution >= 4 is 0 Å². The van der Waals surface area contributed by atoms with Gasteiger partial charge in [-0.3, -0.25) is 0 Å². The standard InChI is InChI=1S/C15H34N2/c1-9-15(7,8)13(17-11-3)12(16-10-2)14(4,5)6/h12-13,16-17H,9-11H2,1-8H3. The molecule has 0 rings (SSSR count). The van der Waals surface area contributed by atoms with Crippen LogP contribution in [0.15, 0.2) is 0 Å². The van der Waals surface area contributed by atoms with Crippen molar-refractivity contribution in [2.45, 2.75) is 73.9 Å². The molecule has 0 heterocycles. The summed E-state index contributed by atoms with van der Waals surface area (Å²) >= 11 is 0. The molecule has 0 aliphatic carbocycles. The van der Waals surface area contributed by atoms with Crippen molar-refractivity contribution in [2.75, 3.05) is 13.1 Å². The van der Waals surface area contributed by atoms with Crippen molar-refractivity contribution < 1.29 is 0 Å². The lowest BCUT2D eigenvalue weighted by molar-refractivity contribution is 0.119. The smallest absolute Gasteiger partial charge is 0.0277 e. The van der Waals surface area contributed by atoms with Crippen molar-refractivity contribution in [3.63, 3.8) is 0 Å². The average molecular weight is 242 g/mol. The maximum Gasteiger partial charge on any atom is 0.0277 e. The normalized spacial score (nSPS) is 16.9. The second-order valence-corrected chi connectivity index (χ2v) is 6.78. The molecule has 104 valence electrons. The Morgan fingerprint density at radius 2 is 1.18 bits per heavy atom. The third-order valence-corrected chi connectivity index (χ3v) is 3.87. The van der Waals surface area contributed by atoms with Crippen LogP contribution in [0.1, 0.15) is 61.8 Å². The van der Waals surface area contributed by atoms with E-state index in [1.54, 1.807) is 0 Å². The van der Waals surface area contributed by atoms with E-state index in [0.717, 1.165) is 13.1 Å². The molecular formula is C15H34N2. The van der Waals surface area contributed by atoms with Gasteiger partial charge in [0.25, 0.3) is 0 Å². The molecule has 0 aromatic carbocycles. The van der Waals surface area contributed by atoms with Gasteiger partial charge in [0.2, 0.25) is 0 Å². The molecule has 0 aliphatic heterocycles. The fourth-order valence-electron chi connectivity index (χ4n) is 2.43. The molecule has 2 nitrogen and oxygen atoms in total. The van der Waals surface area contributed by atoms with Gasteiger partial charge in [0.05, 0.1) is 0 Å². The Hall–Kier alpha value is -0.0800. The summed E-state index contributed by atoms with van der Waals surface area (Å²) in [6.45, 7) is 20.5. The van der Waals surface area contributed by atoms with Crippen LogP contribution in [0.4, 0.5) is 0 Å². The summed E-state index contributed by atoms with van der Waals surface area (Å²) in [5, 5.41) is 7.39. The highest BCUT2D eigenvalue weighted by atomic mass is 15.0. The third kappa shape index (κ3) is 4.97. The van der Waals surface area contributed by atoms with Crippen LogP contribution in [0.25, 0.3) is 0 Å². The summed E-state index contributed by atoms with van der Waals surface area (Å²) in [7, 11) is 0. The quantitative estimate of drug-likeness (QED) is 0.715. The highest BCUT2D eigenvalue weighted by Gasteiger charge is 2.39. The van der Waals surface area contributed by atoms with E-state index in [2.05, 4.69) is 66.0 Å². The van der Waals surface area contributed by atoms with E-state index in [-0.39, 0.29) is 5.41 Å². The number of likely N-dealkylation sites (N-methyl/N-ethyl adjacent to an activating group) is 2. The van der Waals surface area contributed by atoms with Crippen molar-refractivity contribution in [2.24, 2.45) is 10.8 Å². The maximum atomic E-state index is 3.70. The van der Waals surface area contributed by atoms with E-state index in [4.69, 9.17) is 0 Å². The monoisotopic (exact) mass is 242 g/mol. The van der Waals surface area contributed by atoms with Gasteiger partial charge in [-0.25, -0.2) is 0 Å². The van der Waals surface area contributed by atoms with E-state index < -0.39 is 0 Å². The fourth-order valence-corrected chi connectivity index (χ4v) is 2.43. The van der Waals surface area contributed by atoms with Gasteiger partial charge in [0.15, 0.2) is 0 Å². The molecule has 0 bridgehead atoms. The van der Waals surface area contributed by atoms with Gasteiger partial charge in [-0.1, -0.05) is 55.4 Å². The van der Waals surface area contributed by atoms with E-state index in [1.165, 1.54) is 6.42 Å². The minimum Gasteiger partial charge on any atom is -0.312 e. The van der Waals surface area contributed by atoms with Gasteiger partial charge in [0, 0.05) is 12.1 Å². The lowest BCUT2D eigenvalue weighted by Crippen LogP contribution is -2.60. The first-order chi connectivity index (χ1) is 7.70. The zero-order valence-electron chi connectivity index (χ0n) is 13.3. The van der Waals surface area contributed by atoms with Gasteiger partial charge in [-0.2, -0.15) is 0 Å². The molecule has 0 saturated carbocycles. The first kappa shape index (κ1) is 16.9. The molecule has 0 aromatic rings. The molecule has 2 atom stereocenters. The number of hydrogen-bond donors (Lipinski definition) is 2. The minimum absolute atomic E-state index is 0.273. The Morgan fingerprint density at radius 1 is 0.765 bits per heavy atom. The number of hydrogen-bond acceptors (Lipinski definition) is 2. The fraction of sp³-hybridized carbons (Fsp3) is 1.00. The van der Waals surface area contributed by atoms with Crippen LogP contribution in [-0.4, -0.2) is 25.2 Å². The predicted octanol–water partition coefficient (Wildman–Crippen LogP) is 3.42. The van der Waals surface area contributed by atoms with Crippen LogP contribution < -0.4 is 10.6 Å². The van der Waals surface area contributed by atoms with Crippen LogP contribution in [0, 0.1) is 10.8 Å². The Morgan fingerprint density at radius 3 is 1.47 bits per heavy atom. The van der Waals surface area contributed by atoms with Gasteiger partial charge < -0.3 is 10.6 Å². The molecule has 17 heavy (non-hydrogen) atoms. The van der Waals surface area contributed by atoms with Gasteiger partial charge in [0.1, 0.15) is 0 Å². The second-order valence-electron chi connectivity index (χ2n) is 6.78. The highest BCUT2D eigenvalue weighted by Crippen LogP contribution is 2.33. The predicted molar refractivity (Wildman–Crippen MR) is 78.5 cm³/mol. The molecule has 2 N–H and O–H groups in total. The molecule has 0 spiro atoms. The molecular weight excluding hydrogens is 208 g/mol. The summed E-state index contributed by atoms with van der Waals surface area (Å²) in [4.78, 5) is 0. The Bertz CT molecular complexity index is 203. The van der Waals surface area contributed by atoms with Gasteiger partial charge >= 0.3 is 0 Å². The lowest BCUT2D eigenvalue weighted by atomic mass is 9.70. The topological polar surface area (TPSA) is 24.1 Å². The van der Waals surface area contributed by atoms with E-state index in [0.29, 0.717) is 17.5 Å². The summed E-state index contributed by atoms with van der Waals surface area (Å²) in [5.41, 5.74) is 0.589. The largest absolute Gasteiger partial charge is 0.312 e. The van der Waals surface area contributed by atoms with Gasteiger partial charge in [-0.15, -0.1) is 0 Å². The van der Waals surface area contributed by atoms with Crippen molar-refractivity contribution in [1.29, 1.82) is 0 Å². The molecule has 0 radical (unpaired) electrons. The Labute approximate surface area is 109 Å². The van der Waals surface area contributed by atoms with Gasteiger partial charge in [-0.05, 0) is 30.3 Å². The van der Waals surface area contributed by atoms with Crippen LogP contribution in [0.5, 0.6) is 0 Å². The molecule has 0 aliphatic rings. The van der Waals surface area contributed by atoms with Crippen LogP contribution in [-0.2, 0) is 0 Å². The van der Waals surface area contributed by atoms with Crippen molar-refractivity contribution in [1.82, 2.24) is 10.6 Å². The van der Waals surface area contributed by atoms with E-state index >= 15 is 0 Å². The summed E-state index contributed by atoms with van der Waals surface area (Å²) in [5.74, 6) is 0. The number of nitrogens with one attached hydrogen (secondary N) is 2. The minimum atomic E-state index is 0.273. The first-order valence-corrected chi connectivity index (χ1v) is 7.17. The zero-order chi connectivity index (χ0) is 13.7. The molecule has 0 aromatic heterocycles. The molecule has 2 heteroatoms. The van der Waals surface area contributed by atoms with Crippen LogP contribution in [0.2, 0.25) is 0 Å². The van der Waals surface area contributed by atoms with E-state index in [9.17, 15) is 0 Å². The second kappa shape index (κ2) is 6.75. The summed E-state index contributed by atoms with van der Waals surface area (Å²) < 4.78 is 0. The SMILES string of the molecule is CCNC(C(NCC)C(C)(C)CC)C(C)(C)C. The molecule has 0 saturated heterocycles. The maximum absolute atomic E-state index is 3.70. The van der Waals surface area contributed by atoms with E-state index in [1.807, 2.05) is 0 Å². The average Bonchev–Trinajstić information content (AvgIpc) is 2.21. The van der Waals surface area contributed by atoms with Crippen LogP contribution in [0.3, 0.4) is 0 Å².